The van der Waals surface area contributed by atoms with Crippen molar-refractivity contribution in [1.82, 2.24) is 20.9 Å². The zero-order chi connectivity index (χ0) is 35.4. The van der Waals surface area contributed by atoms with Crippen LogP contribution < -0.4 is 26.6 Å². The standard InChI is InChI=1S/C35H48N6O7/c1-21(2)18-27(32(45)38-28(20-30(43)44)33(46)40-31(22(3)4)34(47)41-16-8-9-17-41)37-29(42)19-24-12-14-25(15-13-24)36-35(48)39-26-11-7-6-10-23(26)5/h6-7,10-15,21-22,27-28,31H,8-9,16-20H2,1-5H3,(H,37,42)(H,38,45)(H,40,46)(H,43,44)(H2,36,39,48)/t27-,28-,31-/m0/s1. The Balaban J connectivity index is 1.62. The molecule has 3 rings (SSSR count). The molecule has 48 heavy (non-hydrogen) atoms. The summed E-state index contributed by atoms with van der Waals surface area (Å²) in [7, 11) is 0. The van der Waals surface area contributed by atoms with Crippen molar-refractivity contribution in [1.29, 1.82) is 0 Å². The fourth-order valence-corrected chi connectivity index (χ4v) is 5.40. The van der Waals surface area contributed by atoms with Gasteiger partial charge in [-0.1, -0.05) is 58.0 Å². The van der Waals surface area contributed by atoms with Gasteiger partial charge in [-0.2, -0.15) is 0 Å². The predicted octanol–water partition coefficient (Wildman–Crippen LogP) is 3.44. The largest absolute Gasteiger partial charge is 0.481 e. The number of carboxylic acids is 1. The molecule has 13 heteroatoms. The molecule has 0 spiro atoms. The molecule has 260 valence electrons. The van der Waals surface area contributed by atoms with Crippen LogP contribution in [0.25, 0.3) is 0 Å². The van der Waals surface area contributed by atoms with E-state index in [-0.39, 0.29) is 30.6 Å². The zero-order valence-corrected chi connectivity index (χ0v) is 28.3. The van der Waals surface area contributed by atoms with Crippen LogP contribution in [0.2, 0.25) is 0 Å². The Hall–Kier alpha value is -4.94. The predicted molar refractivity (Wildman–Crippen MR) is 182 cm³/mol. The van der Waals surface area contributed by atoms with E-state index >= 15 is 0 Å². The SMILES string of the molecule is Cc1ccccc1NC(=O)Nc1ccc(CC(=O)N[C@@H](CC(C)C)C(=O)N[C@@H](CC(=O)O)C(=O)N[C@H](C(=O)N2CCCC2)C(C)C)cc1. The number of aryl methyl sites for hydroxylation is 1. The van der Waals surface area contributed by atoms with Gasteiger partial charge in [0.25, 0.3) is 0 Å². The summed E-state index contributed by atoms with van der Waals surface area (Å²) < 4.78 is 0. The number of hydrogen-bond acceptors (Lipinski definition) is 6. The number of hydrogen-bond donors (Lipinski definition) is 6. The van der Waals surface area contributed by atoms with Crippen molar-refractivity contribution in [3.63, 3.8) is 0 Å². The first-order chi connectivity index (χ1) is 22.7. The van der Waals surface area contributed by atoms with Gasteiger partial charge in [0.15, 0.2) is 0 Å². The molecule has 0 bridgehead atoms. The van der Waals surface area contributed by atoms with E-state index in [9.17, 15) is 33.9 Å². The number of carbonyl (C=O) groups is 6. The molecule has 6 N–H and O–H groups in total. The number of para-hydroxylation sites is 1. The summed E-state index contributed by atoms with van der Waals surface area (Å²) in [6, 6.07) is 10.3. The van der Waals surface area contributed by atoms with E-state index in [0.717, 1.165) is 18.4 Å². The number of carbonyl (C=O) groups excluding carboxylic acids is 5. The number of rotatable bonds is 15. The highest BCUT2D eigenvalue weighted by Gasteiger charge is 2.34. The highest BCUT2D eigenvalue weighted by Crippen LogP contribution is 2.16. The van der Waals surface area contributed by atoms with Crippen molar-refractivity contribution >= 4 is 47.0 Å². The van der Waals surface area contributed by atoms with Gasteiger partial charge in [-0.05, 0) is 67.3 Å². The van der Waals surface area contributed by atoms with Gasteiger partial charge in [0.1, 0.15) is 18.1 Å². The third-order valence-corrected chi connectivity index (χ3v) is 7.99. The van der Waals surface area contributed by atoms with E-state index in [1.165, 1.54) is 0 Å². The summed E-state index contributed by atoms with van der Waals surface area (Å²) in [5.74, 6) is -3.78. The number of benzene rings is 2. The van der Waals surface area contributed by atoms with Gasteiger partial charge >= 0.3 is 12.0 Å². The third kappa shape index (κ3) is 11.7. The molecule has 0 aromatic heterocycles. The molecule has 1 heterocycles. The van der Waals surface area contributed by atoms with Gasteiger partial charge in [-0.15, -0.1) is 0 Å². The Morgan fingerprint density at radius 1 is 0.792 bits per heavy atom. The van der Waals surface area contributed by atoms with E-state index in [1.54, 1.807) is 49.1 Å². The van der Waals surface area contributed by atoms with Crippen LogP contribution in [0.4, 0.5) is 16.2 Å². The van der Waals surface area contributed by atoms with Gasteiger partial charge in [0.2, 0.25) is 23.6 Å². The van der Waals surface area contributed by atoms with Crippen molar-refractivity contribution in [3.05, 3.63) is 59.7 Å². The fourth-order valence-electron chi connectivity index (χ4n) is 5.40. The molecule has 1 aliphatic rings. The highest BCUT2D eigenvalue weighted by atomic mass is 16.4. The van der Waals surface area contributed by atoms with Gasteiger partial charge in [0.05, 0.1) is 12.8 Å². The maximum Gasteiger partial charge on any atom is 0.323 e. The minimum absolute atomic E-state index is 0.0209. The van der Waals surface area contributed by atoms with E-state index < -0.39 is 54.3 Å². The van der Waals surface area contributed by atoms with E-state index in [0.29, 0.717) is 30.0 Å². The Kier molecular flexibility index (Phi) is 13.9. The first-order valence-electron chi connectivity index (χ1n) is 16.4. The monoisotopic (exact) mass is 664 g/mol. The molecule has 0 aliphatic carbocycles. The maximum absolute atomic E-state index is 13.4. The van der Waals surface area contributed by atoms with Gasteiger partial charge in [0, 0.05) is 24.5 Å². The lowest BCUT2D eigenvalue weighted by atomic mass is 10.0. The number of nitrogens with zero attached hydrogens (tertiary/aromatic N) is 1. The molecule has 1 saturated heterocycles. The second-order valence-corrected chi connectivity index (χ2v) is 12.9. The van der Waals surface area contributed by atoms with Gasteiger partial charge < -0.3 is 36.6 Å². The van der Waals surface area contributed by atoms with E-state index in [1.807, 2.05) is 39.0 Å². The van der Waals surface area contributed by atoms with Crippen LogP contribution in [0.1, 0.15) is 64.5 Å². The molecule has 1 aliphatic heterocycles. The van der Waals surface area contributed by atoms with E-state index in [2.05, 4.69) is 26.6 Å². The van der Waals surface area contributed by atoms with Gasteiger partial charge in [-0.25, -0.2) is 4.79 Å². The summed E-state index contributed by atoms with van der Waals surface area (Å²) in [6.07, 6.45) is 1.22. The summed E-state index contributed by atoms with van der Waals surface area (Å²) in [5, 5.41) is 22.9. The van der Waals surface area contributed by atoms with Crippen molar-refractivity contribution in [2.24, 2.45) is 11.8 Å². The first-order valence-corrected chi connectivity index (χ1v) is 16.4. The van der Waals surface area contributed by atoms with Crippen LogP contribution >= 0.6 is 0 Å². The van der Waals surface area contributed by atoms with Crippen LogP contribution in [0.3, 0.4) is 0 Å². The summed E-state index contributed by atoms with van der Waals surface area (Å²) in [6.45, 7) is 10.4. The minimum atomic E-state index is -1.46. The van der Waals surface area contributed by atoms with Gasteiger partial charge in [-0.3, -0.25) is 24.0 Å². The number of anilines is 2. The lowest BCUT2D eigenvalue weighted by Crippen LogP contribution is -2.58. The lowest BCUT2D eigenvalue weighted by Gasteiger charge is -2.29. The molecule has 2 aromatic rings. The maximum atomic E-state index is 13.4. The zero-order valence-electron chi connectivity index (χ0n) is 28.3. The average Bonchev–Trinajstić information content (AvgIpc) is 3.55. The van der Waals surface area contributed by atoms with Crippen LogP contribution in [0.5, 0.6) is 0 Å². The van der Waals surface area contributed by atoms with Crippen molar-refractivity contribution in [2.45, 2.75) is 84.8 Å². The molecule has 0 saturated carbocycles. The molecule has 3 atom stereocenters. The van der Waals surface area contributed by atoms with Crippen LogP contribution in [0.15, 0.2) is 48.5 Å². The Bertz CT molecular complexity index is 1450. The third-order valence-electron chi connectivity index (χ3n) is 7.99. The lowest BCUT2D eigenvalue weighted by molar-refractivity contribution is -0.142. The Morgan fingerprint density at radius 3 is 2.00 bits per heavy atom. The number of urea groups is 1. The second-order valence-electron chi connectivity index (χ2n) is 12.9. The summed E-state index contributed by atoms with van der Waals surface area (Å²) in [5.41, 5.74) is 2.76. The molecular formula is C35H48N6O7. The average molecular weight is 665 g/mol. The molecule has 0 unspecified atom stereocenters. The van der Waals surface area contributed by atoms with Crippen LogP contribution in [-0.2, 0) is 30.4 Å². The minimum Gasteiger partial charge on any atom is -0.481 e. The quantitative estimate of drug-likeness (QED) is 0.168. The highest BCUT2D eigenvalue weighted by molar-refractivity contribution is 6.00. The number of carboxylic acid groups (broad SMARTS) is 1. The van der Waals surface area contributed by atoms with Crippen LogP contribution in [-0.4, -0.2) is 76.9 Å². The van der Waals surface area contributed by atoms with Crippen molar-refractivity contribution in [2.75, 3.05) is 23.7 Å². The molecule has 13 nitrogen and oxygen atoms in total. The molecule has 2 aromatic carbocycles. The molecule has 1 fully saturated rings. The fraction of sp³-hybridized carbons (Fsp3) is 0.486. The number of likely N-dealkylation sites (tertiary alicyclic amines) is 1. The smallest absolute Gasteiger partial charge is 0.323 e. The van der Waals surface area contributed by atoms with Crippen molar-refractivity contribution < 1.29 is 33.9 Å². The first kappa shape index (κ1) is 37.5. The van der Waals surface area contributed by atoms with Crippen molar-refractivity contribution in [3.8, 4) is 0 Å². The molecule has 0 radical (unpaired) electrons. The normalized spacial score (nSPS) is 14.5. The number of amides is 6. The Morgan fingerprint density at radius 2 is 1.42 bits per heavy atom. The second kappa shape index (κ2) is 17.8. The summed E-state index contributed by atoms with van der Waals surface area (Å²) >= 11 is 0. The summed E-state index contributed by atoms with van der Waals surface area (Å²) in [4.78, 5) is 78.6. The van der Waals surface area contributed by atoms with Crippen LogP contribution in [0, 0.1) is 18.8 Å². The number of aliphatic carboxylic acids is 1. The molecular weight excluding hydrogens is 616 g/mol. The number of nitrogens with one attached hydrogen (secondary N) is 5. The van der Waals surface area contributed by atoms with E-state index in [4.69, 9.17) is 0 Å². The topological polar surface area (TPSA) is 186 Å². The molecule has 6 amide bonds. The Labute approximate surface area is 281 Å².